The average Bonchev–Trinajstić information content (AvgIpc) is 2.94. The molecule has 168 valence electrons. The predicted molar refractivity (Wildman–Crippen MR) is 115 cm³/mol. The average molecular weight is 505 g/mol. The molecule has 9 nitrogen and oxygen atoms in total. The molecule has 1 aromatic heterocycles. The first-order chi connectivity index (χ1) is 13.9. The van der Waals surface area contributed by atoms with Crippen molar-refractivity contribution in [2.75, 3.05) is 18.5 Å². The first kappa shape index (κ1) is 24.7. The van der Waals surface area contributed by atoms with E-state index in [0.717, 1.165) is 0 Å². The van der Waals surface area contributed by atoms with Crippen molar-refractivity contribution in [2.24, 2.45) is 0 Å². The summed E-state index contributed by atoms with van der Waals surface area (Å²) in [5.74, 6) is -0.697. The van der Waals surface area contributed by atoms with Crippen LogP contribution in [0.15, 0.2) is 17.1 Å². The zero-order valence-electron chi connectivity index (χ0n) is 18.1. The first-order valence-corrected chi connectivity index (χ1v) is 13.7. The fourth-order valence-corrected chi connectivity index (χ4v) is 3.98. The Balaban J connectivity index is 2.37. The number of hydrogen-bond acceptors (Lipinski definition) is 8. The molecule has 30 heavy (non-hydrogen) atoms. The van der Waals surface area contributed by atoms with Gasteiger partial charge >= 0.3 is 11.7 Å². The van der Waals surface area contributed by atoms with Crippen molar-refractivity contribution in [3.05, 3.63) is 22.7 Å². The molecule has 0 amide bonds. The summed E-state index contributed by atoms with van der Waals surface area (Å²) in [6.45, 7) is 12.1. The molecule has 2 heterocycles. The van der Waals surface area contributed by atoms with Crippen molar-refractivity contribution >= 4 is 36.0 Å². The van der Waals surface area contributed by atoms with Crippen LogP contribution in [0.5, 0.6) is 5.88 Å². The van der Waals surface area contributed by atoms with Crippen LogP contribution in [0.4, 0.5) is 0 Å². The van der Waals surface area contributed by atoms with Crippen LogP contribution in [-0.4, -0.2) is 60.4 Å². The Hall–Kier alpha value is -1.56. The summed E-state index contributed by atoms with van der Waals surface area (Å²) in [5.41, 5.74) is -0.624. The minimum atomic E-state index is -2.39. The molecule has 0 aliphatic carbocycles. The van der Waals surface area contributed by atoms with Gasteiger partial charge in [0.2, 0.25) is 5.88 Å². The second-order valence-electron chi connectivity index (χ2n) is 8.42. The fraction of sp³-hybridized carbons (Fsp3) is 0.684. The van der Waals surface area contributed by atoms with Gasteiger partial charge in [-0.15, -0.1) is 0 Å². The molecular formula is C19H29BrN2O7Si. The highest BCUT2D eigenvalue weighted by Crippen LogP contribution is 2.40. The number of hydrogen-bond donors (Lipinski definition) is 0. The number of nitrogens with zero attached hydrogens (tertiary/aromatic N) is 2. The van der Waals surface area contributed by atoms with Crippen molar-refractivity contribution in [2.45, 2.75) is 64.3 Å². The molecule has 11 heteroatoms. The summed E-state index contributed by atoms with van der Waals surface area (Å²) in [6, 6.07) is 1.53. The van der Waals surface area contributed by atoms with E-state index in [9.17, 15) is 14.4 Å². The molecule has 3 atom stereocenters. The van der Waals surface area contributed by atoms with E-state index in [0.29, 0.717) is 6.61 Å². The first-order valence-electron chi connectivity index (χ1n) is 9.72. The van der Waals surface area contributed by atoms with Crippen molar-refractivity contribution in [3.63, 3.8) is 0 Å². The van der Waals surface area contributed by atoms with Gasteiger partial charge in [0.15, 0.2) is 32.5 Å². The van der Waals surface area contributed by atoms with Gasteiger partial charge in [-0.1, -0.05) is 36.7 Å². The maximum absolute atomic E-state index is 13.1. The number of carbonyl (C=O) groups excluding carboxylic acids is 2. The third-order valence-corrected chi connectivity index (χ3v) is 10.2. The smallest absolute Gasteiger partial charge is 0.353 e. The minimum Gasteiger partial charge on any atom is -0.478 e. The molecule has 0 N–H and O–H groups in total. The SMILES string of the molecule is CCOc1ccn([C@@H]2O[C@H](COC(=O)CBr)C(=O)[C@H]2O[Si](C)(C)C(C)(C)C)c(=O)n1. The molecule has 1 aliphatic rings. The summed E-state index contributed by atoms with van der Waals surface area (Å²) >= 11 is 3.01. The Labute approximate surface area is 185 Å². The van der Waals surface area contributed by atoms with E-state index in [1.165, 1.54) is 16.8 Å². The van der Waals surface area contributed by atoms with Crippen LogP contribution >= 0.6 is 15.9 Å². The summed E-state index contributed by atoms with van der Waals surface area (Å²) in [6.07, 6.45) is -1.61. The van der Waals surface area contributed by atoms with Crippen LogP contribution in [-0.2, 0) is 23.5 Å². The maximum Gasteiger partial charge on any atom is 0.353 e. The number of halogens is 1. The summed E-state index contributed by atoms with van der Waals surface area (Å²) < 4.78 is 23.7. The van der Waals surface area contributed by atoms with Gasteiger partial charge < -0.3 is 18.6 Å². The highest BCUT2D eigenvalue weighted by molar-refractivity contribution is 9.09. The van der Waals surface area contributed by atoms with E-state index >= 15 is 0 Å². The lowest BCUT2D eigenvalue weighted by molar-refractivity contribution is -0.146. The Morgan fingerprint density at radius 1 is 1.33 bits per heavy atom. The molecule has 0 spiro atoms. The van der Waals surface area contributed by atoms with Crippen LogP contribution in [0.25, 0.3) is 0 Å². The molecule has 1 aliphatic heterocycles. The lowest BCUT2D eigenvalue weighted by Crippen LogP contribution is -2.48. The van der Waals surface area contributed by atoms with E-state index < -0.39 is 38.4 Å². The quantitative estimate of drug-likeness (QED) is 0.301. The van der Waals surface area contributed by atoms with E-state index in [1.54, 1.807) is 6.92 Å². The van der Waals surface area contributed by atoms with Crippen molar-refractivity contribution < 1.29 is 28.2 Å². The molecular weight excluding hydrogens is 476 g/mol. The molecule has 0 radical (unpaired) electrons. The van der Waals surface area contributed by atoms with Gasteiger partial charge in [0, 0.05) is 12.3 Å². The third-order valence-electron chi connectivity index (χ3n) is 5.26. The standard InChI is InChI=1S/C19H29BrN2O7Si/c1-7-26-13-8-9-22(18(25)21-13)17-16(29-30(5,6)19(2,3)4)15(24)12(28-17)11-27-14(23)10-20/h8-9,12,16-17H,7,10-11H2,1-6H3/t12-,16-,17-/m1/s1. The number of ketones is 1. The number of alkyl halides is 1. The van der Waals surface area contributed by atoms with Gasteiger partial charge in [-0.2, -0.15) is 4.98 Å². The Kier molecular flexibility index (Phi) is 8.00. The second-order valence-corrected chi connectivity index (χ2v) is 13.7. The highest BCUT2D eigenvalue weighted by atomic mass is 79.9. The highest BCUT2D eigenvalue weighted by Gasteiger charge is 2.51. The van der Waals surface area contributed by atoms with E-state index in [1.807, 2.05) is 33.9 Å². The largest absolute Gasteiger partial charge is 0.478 e. The molecule has 0 saturated carbocycles. The van der Waals surface area contributed by atoms with Crippen LogP contribution in [0, 0.1) is 0 Å². The van der Waals surface area contributed by atoms with Crippen molar-refractivity contribution in [1.82, 2.24) is 9.55 Å². The monoisotopic (exact) mass is 504 g/mol. The molecule has 1 fully saturated rings. The summed E-state index contributed by atoms with van der Waals surface area (Å²) in [7, 11) is -2.39. The lowest BCUT2D eigenvalue weighted by Gasteiger charge is -2.38. The number of esters is 1. The predicted octanol–water partition coefficient (Wildman–Crippen LogP) is 2.44. The van der Waals surface area contributed by atoms with Crippen LogP contribution in [0.2, 0.25) is 18.1 Å². The van der Waals surface area contributed by atoms with Crippen LogP contribution in [0.3, 0.4) is 0 Å². The number of ether oxygens (including phenoxy) is 3. The van der Waals surface area contributed by atoms with Crippen LogP contribution in [0.1, 0.15) is 33.9 Å². The molecule has 1 aromatic rings. The molecule has 2 rings (SSSR count). The van der Waals surface area contributed by atoms with Gasteiger partial charge in [0.05, 0.1) is 6.61 Å². The molecule has 0 bridgehead atoms. The van der Waals surface area contributed by atoms with E-state index in [2.05, 4.69) is 20.9 Å². The number of Topliss-reactive ketones (excluding diaryl/α,β-unsaturated/α-hetero) is 1. The fourth-order valence-electron chi connectivity index (χ4n) is 2.60. The van der Waals surface area contributed by atoms with Crippen LogP contribution < -0.4 is 10.4 Å². The van der Waals surface area contributed by atoms with E-state index in [-0.39, 0.29) is 28.6 Å². The van der Waals surface area contributed by atoms with Gasteiger partial charge in [-0.3, -0.25) is 14.2 Å². The Morgan fingerprint density at radius 3 is 2.53 bits per heavy atom. The normalized spacial score (nSPS) is 22.2. The van der Waals surface area contributed by atoms with E-state index in [4.69, 9.17) is 18.6 Å². The zero-order valence-corrected chi connectivity index (χ0v) is 20.7. The molecule has 1 saturated heterocycles. The summed E-state index contributed by atoms with van der Waals surface area (Å²) in [4.78, 5) is 41.0. The Morgan fingerprint density at radius 2 is 2.00 bits per heavy atom. The van der Waals surface area contributed by atoms with Crippen molar-refractivity contribution in [1.29, 1.82) is 0 Å². The van der Waals surface area contributed by atoms with Gasteiger partial charge in [0.25, 0.3) is 0 Å². The molecule has 0 unspecified atom stereocenters. The van der Waals surface area contributed by atoms with Crippen molar-refractivity contribution in [3.8, 4) is 5.88 Å². The minimum absolute atomic E-state index is 0.00348. The Bertz CT molecular complexity index is 837. The van der Waals surface area contributed by atoms with Gasteiger partial charge in [-0.05, 0) is 25.1 Å². The van der Waals surface area contributed by atoms with Gasteiger partial charge in [-0.25, -0.2) is 4.79 Å². The lowest BCUT2D eigenvalue weighted by atomic mass is 10.2. The third kappa shape index (κ3) is 5.57. The zero-order chi connectivity index (χ0) is 22.7. The summed E-state index contributed by atoms with van der Waals surface area (Å²) in [5, 5.41) is -0.163. The second kappa shape index (κ2) is 9.71. The molecule has 0 aromatic carbocycles. The number of aromatic nitrogens is 2. The number of rotatable bonds is 8. The van der Waals surface area contributed by atoms with Gasteiger partial charge in [0.1, 0.15) is 11.9 Å². The number of carbonyl (C=O) groups is 2. The topological polar surface area (TPSA) is 106 Å². The maximum atomic E-state index is 13.1.